The molecule has 0 radical (unpaired) electrons. The highest BCUT2D eigenvalue weighted by Gasteiger charge is 2.38. The molecule has 1 aliphatic rings. The number of aromatic hydroxyl groups is 1. The molecule has 0 saturated carbocycles. The smallest absolute Gasteiger partial charge is 0.490 e. The third kappa shape index (κ3) is 5.52. The molecule has 10 heteroatoms. The molecular formula is C22H20F3N3O4. The van der Waals surface area contributed by atoms with E-state index in [2.05, 4.69) is 10.3 Å². The molecule has 1 aliphatic heterocycles. The summed E-state index contributed by atoms with van der Waals surface area (Å²) < 4.78 is 31.7. The monoisotopic (exact) mass is 447 g/mol. The molecule has 168 valence electrons. The topological polar surface area (TPSA) is 103 Å². The number of nitrogens with zero attached hydrogens (tertiary/aromatic N) is 2. The lowest BCUT2D eigenvalue weighted by Crippen LogP contribution is -2.46. The number of carboxylic acid groups (broad SMARTS) is 1. The van der Waals surface area contributed by atoms with Crippen LogP contribution < -0.4 is 5.32 Å². The van der Waals surface area contributed by atoms with Gasteiger partial charge in [-0.2, -0.15) is 13.2 Å². The summed E-state index contributed by atoms with van der Waals surface area (Å²) in [7, 11) is 0. The first kappa shape index (κ1) is 23.0. The van der Waals surface area contributed by atoms with Crippen LogP contribution in [-0.4, -0.2) is 64.3 Å². The number of nitrogens with one attached hydrogen (secondary N) is 1. The molecule has 1 aromatic heterocycles. The quantitative estimate of drug-likeness (QED) is 0.557. The zero-order valence-electron chi connectivity index (χ0n) is 16.8. The highest BCUT2D eigenvalue weighted by Crippen LogP contribution is 2.30. The van der Waals surface area contributed by atoms with E-state index in [9.17, 15) is 23.1 Å². The van der Waals surface area contributed by atoms with Crippen LogP contribution in [0.5, 0.6) is 5.75 Å². The number of aromatic nitrogens is 1. The number of benzene rings is 2. The number of alkyl halides is 3. The van der Waals surface area contributed by atoms with Crippen LogP contribution in [0.15, 0.2) is 54.7 Å². The predicted molar refractivity (Wildman–Crippen MR) is 111 cm³/mol. The number of piperazine rings is 1. The van der Waals surface area contributed by atoms with Gasteiger partial charge in [-0.3, -0.25) is 9.78 Å². The summed E-state index contributed by atoms with van der Waals surface area (Å²) in [6.07, 6.45) is -3.42. The summed E-state index contributed by atoms with van der Waals surface area (Å²) >= 11 is 0. The minimum Gasteiger partial charge on any atom is -0.506 e. The number of aliphatic carboxylic acids is 1. The molecule has 0 bridgehead atoms. The number of carboxylic acids is 1. The molecule has 7 nitrogen and oxygen atoms in total. The molecule has 32 heavy (non-hydrogen) atoms. The molecule has 1 amide bonds. The van der Waals surface area contributed by atoms with Crippen molar-refractivity contribution >= 4 is 22.8 Å². The third-order valence-electron chi connectivity index (χ3n) is 4.80. The van der Waals surface area contributed by atoms with Crippen LogP contribution in [-0.2, 0) is 4.79 Å². The number of phenols is 1. The maximum atomic E-state index is 12.5. The largest absolute Gasteiger partial charge is 0.506 e. The number of pyridine rings is 1. The Morgan fingerprint density at radius 1 is 1.00 bits per heavy atom. The van der Waals surface area contributed by atoms with Crippen molar-refractivity contribution in [2.75, 3.05) is 26.2 Å². The average molecular weight is 447 g/mol. The van der Waals surface area contributed by atoms with Crippen molar-refractivity contribution in [2.24, 2.45) is 0 Å². The standard InChI is InChI=1S/C20H19N3O2.C2HF3O2/c24-18-13-17(12-16-2-1-7-22-19(16)18)14-3-5-15(6-4-14)20(25)23-10-8-21-9-11-23;3-2(4,5)1(6)7/h1-7,12-13,21,24H,8-11H2;(H,6,7). The molecule has 2 aromatic carbocycles. The van der Waals surface area contributed by atoms with E-state index >= 15 is 0 Å². The highest BCUT2D eigenvalue weighted by atomic mass is 19.4. The van der Waals surface area contributed by atoms with Gasteiger partial charge < -0.3 is 20.4 Å². The lowest BCUT2D eigenvalue weighted by molar-refractivity contribution is -0.192. The highest BCUT2D eigenvalue weighted by molar-refractivity contribution is 5.95. The van der Waals surface area contributed by atoms with Crippen molar-refractivity contribution in [3.8, 4) is 16.9 Å². The van der Waals surface area contributed by atoms with Crippen molar-refractivity contribution in [1.82, 2.24) is 15.2 Å². The molecule has 2 heterocycles. The van der Waals surface area contributed by atoms with Crippen LogP contribution in [0.25, 0.3) is 22.0 Å². The van der Waals surface area contributed by atoms with Gasteiger partial charge in [0, 0.05) is 43.3 Å². The Morgan fingerprint density at radius 2 is 1.62 bits per heavy atom. The lowest BCUT2D eigenvalue weighted by Gasteiger charge is -2.27. The van der Waals surface area contributed by atoms with Crippen LogP contribution in [0.1, 0.15) is 10.4 Å². The van der Waals surface area contributed by atoms with Crippen molar-refractivity contribution in [3.05, 3.63) is 60.3 Å². The van der Waals surface area contributed by atoms with Crippen molar-refractivity contribution in [3.63, 3.8) is 0 Å². The van der Waals surface area contributed by atoms with E-state index in [1.165, 1.54) is 0 Å². The second-order valence-corrected chi connectivity index (χ2v) is 6.99. The van der Waals surface area contributed by atoms with Gasteiger partial charge >= 0.3 is 12.1 Å². The fraction of sp³-hybridized carbons (Fsp3) is 0.227. The number of carbonyl (C=O) groups is 2. The molecule has 1 fully saturated rings. The number of phenolic OH excluding ortho intramolecular Hbond substituents is 1. The third-order valence-corrected chi connectivity index (χ3v) is 4.80. The Labute approximate surface area is 181 Å². The predicted octanol–water partition coefficient (Wildman–Crippen LogP) is 3.29. The van der Waals surface area contributed by atoms with Crippen LogP contribution in [0, 0.1) is 0 Å². The van der Waals surface area contributed by atoms with E-state index in [1.54, 1.807) is 12.3 Å². The summed E-state index contributed by atoms with van der Waals surface area (Å²) in [6, 6.07) is 15.0. The molecule has 1 saturated heterocycles. The lowest BCUT2D eigenvalue weighted by atomic mass is 10.0. The van der Waals surface area contributed by atoms with Gasteiger partial charge in [-0.1, -0.05) is 18.2 Å². The minimum atomic E-state index is -5.08. The number of fused-ring (bicyclic) bond motifs is 1. The first-order chi connectivity index (χ1) is 15.2. The van der Waals surface area contributed by atoms with E-state index in [4.69, 9.17) is 9.90 Å². The molecule has 0 aliphatic carbocycles. The van der Waals surface area contributed by atoms with Crippen molar-refractivity contribution in [2.45, 2.75) is 6.18 Å². The molecule has 4 rings (SSSR count). The van der Waals surface area contributed by atoms with Gasteiger partial charge in [-0.25, -0.2) is 4.79 Å². The normalized spacial score (nSPS) is 13.9. The van der Waals surface area contributed by atoms with E-state index in [1.807, 2.05) is 47.4 Å². The number of amides is 1. The first-order valence-corrected chi connectivity index (χ1v) is 9.65. The van der Waals surface area contributed by atoms with Gasteiger partial charge in [0.2, 0.25) is 0 Å². The van der Waals surface area contributed by atoms with Gasteiger partial charge in [0.05, 0.1) is 0 Å². The summed E-state index contributed by atoms with van der Waals surface area (Å²) in [4.78, 5) is 27.5. The Hall–Kier alpha value is -3.66. The maximum absolute atomic E-state index is 12.5. The molecule has 0 spiro atoms. The molecule has 0 unspecified atom stereocenters. The van der Waals surface area contributed by atoms with Crippen LogP contribution in [0.2, 0.25) is 0 Å². The van der Waals surface area contributed by atoms with E-state index < -0.39 is 12.1 Å². The summed E-state index contributed by atoms with van der Waals surface area (Å²) in [6.45, 7) is 3.17. The molecule has 3 N–H and O–H groups in total. The molecule has 0 atom stereocenters. The van der Waals surface area contributed by atoms with Crippen LogP contribution >= 0.6 is 0 Å². The zero-order valence-corrected chi connectivity index (χ0v) is 16.8. The zero-order chi connectivity index (χ0) is 23.3. The van der Waals surface area contributed by atoms with E-state index in [-0.39, 0.29) is 11.7 Å². The number of hydrogen-bond donors (Lipinski definition) is 3. The van der Waals surface area contributed by atoms with E-state index in [0.717, 1.165) is 42.7 Å². The van der Waals surface area contributed by atoms with Crippen LogP contribution in [0.4, 0.5) is 13.2 Å². The van der Waals surface area contributed by atoms with Gasteiger partial charge in [-0.05, 0) is 41.5 Å². The average Bonchev–Trinajstić information content (AvgIpc) is 2.79. The Kier molecular flexibility index (Phi) is 6.94. The second kappa shape index (κ2) is 9.65. The summed E-state index contributed by atoms with van der Waals surface area (Å²) in [5.41, 5.74) is 3.14. The first-order valence-electron chi connectivity index (χ1n) is 9.65. The maximum Gasteiger partial charge on any atom is 0.490 e. The van der Waals surface area contributed by atoms with E-state index in [0.29, 0.717) is 11.1 Å². The minimum absolute atomic E-state index is 0.0682. The van der Waals surface area contributed by atoms with Crippen LogP contribution in [0.3, 0.4) is 0 Å². The Balaban J connectivity index is 0.000000360. The second-order valence-electron chi connectivity index (χ2n) is 6.99. The summed E-state index contributed by atoms with van der Waals surface area (Å²) in [5.74, 6) is -2.53. The van der Waals surface area contributed by atoms with Gasteiger partial charge in [0.15, 0.2) is 0 Å². The SMILES string of the molecule is O=C(O)C(F)(F)F.O=C(c1ccc(-c2cc(O)c3ncccc3c2)cc1)N1CCNCC1. The molecular weight excluding hydrogens is 427 g/mol. The fourth-order valence-corrected chi connectivity index (χ4v) is 3.20. The van der Waals surface area contributed by atoms with Gasteiger partial charge in [0.25, 0.3) is 5.91 Å². The number of halogens is 3. The number of carbonyl (C=O) groups excluding carboxylic acids is 1. The fourth-order valence-electron chi connectivity index (χ4n) is 3.20. The molecule has 3 aromatic rings. The van der Waals surface area contributed by atoms with Crippen molar-refractivity contribution in [1.29, 1.82) is 0 Å². The Morgan fingerprint density at radius 3 is 2.22 bits per heavy atom. The number of hydrogen-bond acceptors (Lipinski definition) is 5. The Bertz CT molecular complexity index is 1110. The van der Waals surface area contributed by atoms with Crippen molar-refractivity contribution < 1.29 is 33.0 Å². The van der Waals surface area contributed by atoms with Gasteiger partial charge in [0.1, 0.15) is 11.3 Å². The van der Waals surface area contributed by atoms with Gasteiger partial charge in [-0.15, -0.1) is 0 Å². The number of rotatable bonds is 2. The summed E-state index contributed by atoms with van der Waals surface area (Å²) in [5, 5.41) is 21.5.